The molecule has 0 aromatic rings. The lowest BCUT2D eigenvalue weighted by atomic mass is 10.1. The molecule has 0 heterocycles. The van der Waals surface area contributed by atoms with Gasteiger partial charge in [0, 0.05) is 0 Å². The molecule has 0 unspecified atom stereocenters. The Labute approximate surface area is 61.2 Å². The second-order valence-electron chi connectivity index (χ2n) is 2.41. The van der Waals surface area contributed by atoms with E-state index in [0.717, 1.165) is 0 Å². The van der Waals surface area contributed by atoms with Crippen LogP contribution in [0.2, 0.25) is 0 Å². The summed E-state index contributed by atoms with van der Waals surface area (Å²) in [4.78, 5) is 0. The van der Waals surface area contributed by atoms with Gasteiger partial charge >= 0.3 is 0 Å². The fraction of sp³-hybridized carbons (Fsp3) is 0.500. The van der Waals surface area contributed by atoms with E-state index in [2.05, 4.69) is 11.8 Å². The van der Waals surface area contributed by atoms with Crippen LogP contribution in [0.4, 0.5) is 0 Å². The number of aliphatic hydroxyl groups is 2. The third-order valence-corrected chi connectivity index (χ3v) is 0.685. The lowest BCUT2D eigenvalue weighted by Gasteiger charge is -2.04. The Bertz CT molecular complexity index is 164. The van der Waals surface area contributed by atoms with E-state index in [1.807, 2.05) is 0 Å². The number of hydrogen-bond donors (Lipinski definition) is 2. The van der Waals surface area contributed by atoms with Crippen LogP contribution in [-0.4, -0.2) is 22.4 Å². The van der Waals surface area contributed by atoms with Gasteiger partial charge in [0.2, 0.25) is 0 Å². The van der Waals surface area contributed by atoms with Gasteiger partial charge in [0.15, 0.2) is 0 Å². The van der Waals surface area contributed by atoms with Crippen molar-refractivity contribution in [3.8, 4) is 11.8 Å². The molecule has 2 N–H and O–H groups in total. The van der Waals surface area contributed by atoms with E-state index in [1.165, 1.54) is 12.2 Å². The summed E-state index contributed by atoms with van der Waals surface area (Å²) < 4.78 is 0. The first kappa shape index (κ1) is 9.22. The highest BCUT2D eigenvalue weighted by Gasteiger charge is 2.04. The molecule has 0 aliphatic carbocycles. The van der Waals surface area contributed by atoms with Gasteiger partial charge in [-0.1, -0.05) is 17.9 Å². The van der Waals surface area contributed by atoms with Crippen LogP contribution in [0.15, 0.2) is 12.2 Å². The zero-order chi connectivity index (χ0) is 8.04. The van der Waals surface area contributed by atoms with Gasteiger partial charge in [-0.25, -0.2) is 0 Å². The standard InChI is InChI=1S/C8H12O2/c1-8(2,10)6-4-3-5-7-9/h3,5,9-10H,7H2,1-2H3/b5-3-. The fourth-order valence-corrected chi connectivity index (χ4v) is 0.330. The summed E-state index contributed by atoms with van der Waals surface area (Å²) in [5.41, 5.74) is -0.945. The second-order valence-corrected chi connectivity index (χ2v) is 2.41. The summed E-state index contributed by atoms with van der Waals surface area (Å²) >= 11 is 0. The number of allylic oxidation sites excluding steroid dienone is 1. The summed E-state index contributed by atoms with van der Waals surface area (Å²) in [5, 5.41) is 17.3. The maximum absolute atomic E-state index is 9.05. The van der Waals surface area contributed by atoms with E-state index in [-0.39, 0.29) is 6.61 Å². The molecule has 0 aliphatic rings. The predicted molar refractivity (Wildman–Crippen MR) is 40.3 cm³/mol. The van der Waals surface area contributed by atoms with Crippen molar-refractivity contribution < 1.29 is 10.2 Å². The SMILES string of the molecule is CC(C)(O)C#C/C=C\CO. The molecule has 2 heteroatoms. The largest absolute Gasteiger partial charge is 0.392 e. The molecular formula is C8H12O2. The molecule has 0 saturated heterocycles. The van der Waals surface area contributed by atoms with E-state index in [9.17, 15) is 0 Å². The van der Waals surface area contributed by atoms with Crippen molar-refractivity contribution in [2.75, 3.05) is 6.61 Å². The maximum Gasteiger partial charge on any atom is 0.120 e. The lowest BCUT2D eigenvalue weighted by molar-refractivity contribution is 0.143. The molecule has 10 heavy (non-hydrogen) atoms. The first-order valence-electron chi connectivity index (χ1n) is 3.07. The monoisotopic (exact) mass is 140 g/mol. The predicted octanol–water partition coefficient (Wildman–Crippen LogP) is 0.309. The van der Waals surface area contributed by atoms with Gasteiger partial charge in [0.25, 0.3) is 0 Å². The van der Waals surface area contributed by atoms with Crippen LogP contribution in [0, 0.1) is 11.8 Å². The van der Waals surface area contributed by atoms with Gasteiger partial charge in [-0.3, -0.25) is 0 Å². The molecule has 56 valence electrons. The van der Waals surface area contributed by atoms with Crippen molar-refractivity contribution in [2.45, 2.75) is 19.4 Å². The van der Waals surface area contributed by atoms with Gasteiger partial charge in [0.05, 0.1) is 6.61 Å². The van der Waals surface area contributed by atoms with Crippen LogP contribution < -0.4 is 0 Å². The zero-order valence-electron chi connectivity index (χ0n) is 6.26. The van der Waals surface area contributed by atoms with E-state index < -0.39 is 5.60 Å². The van der Waals surface area contributed by atoms with Crippen LogP contribution in [0.25, 0.3) is 0 Å². The van der Waals surface area contributed by atoms with Gasteiger partial charge in [-0.05, 0) is 19.9 Å². The Morgan fingerprint density at radius 2 is 2.10 bits per heavy atom. The van der Waals surface area contributed by atoms with E-state index >= 15 is 0 Å². The Morgan fingerprint density at radius 3 is 2.50 bits per heavy atom. The Balaban J connectivity index is 3.81. The van der Waals surface area contributed by atoms with Crippen LogP contribution in [-0.2, 0) is 0 Å². The number of hydrogen-bond acceptors (Lipinski definition) is 2. The minimum atomic E-state index is -0.945. The van der Waals surface area contributed by atoms with Crippen LogP contribution in [0.5, 0.6) is 0 Å². The Hall–Kier alpha value is -0.780. The molecule has 0 rings (SSSR count). The second kappa shape index (κ2) is 4.10. The highest BCUT2D eigenvalue weighted by molar-refractivity contribution is 5.20. The molecule has 0 amide bonds. The summed E-state index contributed by atoms with van der Waals surface area (Å²) in [6, 6.07) is 0. The molecule has 0 spiro atoms. The van der Waals surface area contributed by atoms with E-state index in [4.69, 9.17) is 10.2 Å². The number of rotatable bonds is 1. The quantitative estimate of drug-likeness (QED) is 0.514. The summed E-state index contributed by atoms with van der Waals surface area (Å²) in [7, 11) is 0. The van der Waals surface area contributed by atoms with Crippen molar-refractivity contribution in [1.29, 1.82) is 0 Å². The molecule has 0 aliphatic heterocycles. The number of aliphatic hydroxyl groups excluding tert-OH is 1. The van der Waals surface area contributed by atoms with Crippen molar-refractivity contribution in [3.05, 3.63) is 12.2 Å². The van der Waals surface area contributed by atoms with Crippen LogP contribution in [0.3, 0.4) is 0 Å². The molecule has 0 saturated carbocycles. The Morgan fingerprint density at radius 1 is 1.50 bits per heavy atom. The van der Waals surface area contributed by atoms with Crippen molar-refractivity contribution in [1.82, 2.24) is 0 Å². The van der Waals surface area contributed by atoms with Crippen LogP contribution in [0.1, 0.15) is 13.8 Å². The summed E-state index contributed by atoms with van der Waals surface area (Å²) in [6.07, 6.45) is 3.02. The van der Waals surface area contributed by atoms with Crippen LogP contribution >= 0.6 is 0 Å². The van der Waals surface area contributed by atoms with Gasteiger partial charge in [0.1, 0.15) is 5.60 Å². The molecule has 0 aromatic heterocycles. The maximum atomic E-state index is 9.05. The summed E-state index contributed by atoms with van der Waals surface area (Å²) in [6.45, 7) is 3.19. The van der Waals surface area contributed by atoms with Crippen molar-refractivity contribution in [2.24, 2.45) is 0 Å². The minimum absolute atomic E-state index is 0.0134. The molecule has 2 nitrogen and oxygen atoms in total. The van der Waals surface area contributed by atoms with Gasteiger partial charge in [-0.2, -0.15) is 0 Å². The van der Waals surface area contributed by atoms with Gasteiger partial charge < -0.3 is 10.2 Å². The fourth-order valence-electron chi connectivity index (χ4n) is 0.330. The van der Waals surface area contributed by atoms with Gasteiger partial charge in [-0.15, -0.1) is 0 Å². The minimum Gasteiger partial charge on any atom is -0.392 e. The Kier molecular flexibility index (Phi) is 3.78. The topological polar surface area (TPSA) is 40.5 Å². The smallest absolute Gasteiger partial charge is 0.120 e. The van der Waals surface area contributed by atoms with E-state index in [1.54, 1.807) is 13.8 Å². The zero-order valence-corrected chi connectivity index (χ0v) is 6.26. The normalized spacial score (nSPS) is 11.2. The summed E-state index contributed by atoms with van der Waals surface area (Å²) in [5.74, 6) is 5.15. The average Bonchev–Trinajstić information content (AvgIpc) is 1.78. The molecular weight excluding hydrogens is 128 g/mol. The van der Waals surface area contributed by atoms with Crippen molar-refractivity contribution in [3.63, 3.8) is 0 Å². The molecule has 0 radical (unpaired) electrons. The molecule has 0 atom stereocenters. The first-order chi connectivity index (χ1) is 4.56. The lowest BCUT2D eigenvalue weighted by Crippen LogP contribution is -2.14. The highest BCUT2D eigenvalue weighted by atomic mass is 16.3. The third kappa shape index (κ3) is 7.22. The first-order valence-corrected chi connectivity index (χ1v) is 3.07. The average molecular weight is 140 g/mol. The third-order valence-electron chi connectivity index (χ3n) is 0.685. The highest BCUT2D eigenvalue weighted by Crippen LogP contribution is 1.95. The van der Waals surface area contributed by atoms with E-state index in [0.29, 0.717) is 0 Å². The molecule has 0 bridgehead atoms. The van der Waals surface area contributed by atoms with Crippen molar-refractivity contribution >= 4 is 0 Å². The molecule has 0 aromatic carbocycles. The molecule has 0 fully saturated rings.